The zero-order valence-corrected chi connectivity index (χ0v) is 52.9. The molecule has 5 aliphatic heterocycles. The third-order valence-electron chi connectivity index (χ3n) is 20.9. The van der Waals surface area contributed by atoms with Crippen molar-refractivity contribution in [3.8, 4) is 5.75 Å². The van der Waals surface area contributed by atoms with E-state index in [2.05, 4.69) is 74.0 Å². The number of aliphatic hydroxyl groups excluding tert-OH is 1. The number of hydrogen-bond donors (Lipinski definition) is 3. The monoisotopic (exact) mass is 1180 g/mol. The van der Waals surface area contributed by atoms with Gasteiger partial charge in [-0.3, -0.25) is 24.2 Å². The van der Waals surface area contributed by atoms with Gasteiger partial charge in [0.1, 0.15) is 23.3 Å². The Morgan fingerprint density at radius 3 is 2.10 bits per heavy atom. The maximum absolute atomic E-state index is 15.8. The fourth-order valence-electron chi connectivity index (χ4n) is 17.8. The Labute approximate surface area is 508 Å². The van der Waals surface area contributed by atoms with Crippen LogP contribution in [0.4, 0.5) is 16.2 Å². The smallest absolute Gasteiger partial charge is 0.496 e. The van der Waals surface area contributed by atoms with Gasteiger partial charge >= 0.3 is 24.1 Å². The van der Waals surface area contributed by atoms with Crippen molar-refractivity contribution in [2.45, 2.75) is 179 Å². The van der Waals surface area contributed by atoms with E-state index in [1.54, 1.807) is 12.2 Å². The van der Waals surface area contributed by atoms with Gasteiger partial charge in [-0.05, 0) is 130 Å². The Kier molecular flexibility index (Phi) is 17.3. The molecule has 1 saturated carbocycles. The molecule has 17 heteroatoms. The summed E-state index contributed by atoms with van der Waals surface area (Å²) in [5.41, 5.74) is -0.554. The highest BCUT2D eigenvalue weighted by Crippen LogP contribution is 2.69. The van der Waals surface area contributed by atoms with Crippen molar-refractivity contribution in [2.75, 3.05) is 71.5 Å². The summed E-state index contributed by atoms with van der Waals surface area (Å²) in [6.45, 7) is 20.8. The third-order valence-corrected chi connectivity index (χ3v) is 20.9. The van der Waals surface area contributed by atoms with Crippen LogP contribution in [-0.2, 0) is 53.7 Å². The summed E-state index contributed by atoms with van der Waals surface area (Å²) in [5.74, 6) is -2.09. The first-order valence-electron chi connectivity index (χ1n) is 31.0. The number of ether oxygens (including phenoxy) is 6. The van der Waals surface area contributed by atoms with Crippen LogP contribution in [0.5, 0.6) is 5.75 Å². The molecule has 3 fully saturated rings. The topological polar surface area (TPSA) is 195 Å². The van der Waals surface area contributed by atoms with E-state index < -0.39 is 81.2 Å². The Morgan fingerprint density at radius 2 is 1.49 bits per heavy atom. The van der Waals surface area contributed by atoms with Crippen molar-refractivity contribution in [3.63, 3.8) is 0 Å². The Morgan fingerprint density at radius 1 is 0.802 bits per heavy atom. The van der Waals surface area contributed by atoms with E-state index in [-0.39, 0.29) is 23.9 Å². The maximum atomic E-state index is 15.8. The Balaban J connectivity index is 1.12. The summed E-state index contributed by atoms with van der Waals surface area (Å²) in [5, 5.41) is 28.0. The summed E-state index contributed by atoms with van der Waals surface area (Å²) in [4.78, 5) is 72.1. The predicted octanol–water partition coefficient (Wildman–Crippen LogP) is 10.5. The molecule has 86 heavy (non-hydrogen) atoms. The molecule has 2 aromatic carbocycles. The first-order valence-corrected chi connectivity index (χ1v) is 31.0. The summed E-state index contributed by atoms with van der Waals surface area (Å²) in [6.07, 6.45) is 15.5. The van der Waals surface area contributed by atoms with Crippen molar-refractivity contribution in [1.82, 2.24) is 9.80 Å². The van der Waals surface area contributed by atoms with Gasteiger partial charge in [-0.1, -0.05) is 113 Å². The van der Waals surface area contributed by atoms with E-state index in [0.29, 0.717) is 119 Å². The molecule has 2 aromatic rings. The molecule has 2 bridgehead atoms. The highest BCUT2D eigenvalue weighted by atomic mass is 16.8. The summed E-state index contributed by atoms with van der Waals surface area (Å²) in [7, 11) is 5.68. The molecule has 3 N–H and O–H groups in total. The fraction of sp³-hybridized carbons (Fsp3) is 0.594. The molecule has 0 radical (unpaired) electrons. The SMILES string of the molecule is CCC1(O)C[C@H]2CN(CCC=C(Nc3ccccc3)[C@@](C(=O)OC)(c3cc4c(cc3OC)N(OC)[C@H]3[C@@](OC(=O)OC5CC(C)=C(C=CC=CC6=C(C)C[C@H](O)CC6(C)C)C(C)(C)C5)(C(=O)OC)[C@H](OC(C)=O)[C@]5(CC)C=CCN6CC[C@]43[C@@H]65)C2)C1. The van der Waals surface area contributed by atoms with Crippen LogP contribution < -0.4 is 15.1 Å². The van der Waals surface area contributed by atoms with Crippen LogP contribution >= 0.6 is 0 Å². The lowest BCUT2D eigenvalue weighted by atomic mass is 9.47. The summed E-state index contributed by atoms with van der Waals surface area (Å²) < 4.78 is 38.4. The molecule has 3 unspecified atom stereocenters. The number of aliphatic hydroxyl groups is 2. The number of rotatable bonds is 15. The van der Waals surface area contributed by atoms with Gasteiger partial charge in [0.2, 0.25) is 0 Å². The summed E-state index contributed by atoms with van der Waals surface area (Å²) >= 11 is 0. The van der Waals surface area contributed by atoms with Crippen LogP contribution in [0, 0.1) is 22.2 Å². The standard InChI is InChI=1S/C69H92N4O13/c1-14-65(79)37-46-38-68(60(76)81-11,56(27-21-30-71(41-46)42-65)70-47-23-17-16-18-24-47)53-35-52-54(36-55(53)80-10)73(83-13)58-67(52)29-32-72-31-22-28-66(15-2,57(67)72)59(84-45(5)74)69(58,61(77)82-12)86-62(78)85-49-34-44(4)51(64(8,9)40-49)26-20-19-25-50-43(3)33-48(75)39-63(50,6)7/h16-20,22-28,35-36,46,48-49,57-59,70,75,79H,14-15,21,29-34,37-42H2,1-13H3/t46-,48+,49?,57+,58-,59-,65?,66-,67-,68+,69+/m1/s1. The first-order chi connectivity index (χ1) is 40.9. The quantitative estimate of drug-likeness (QED) is 0.0659. The molecule has 12 atom stereocenters. The molecular weight excluding hydrogens is 1090 g/mol. The number of carbonyl (C=O) groups excluding carboxylic acids is 4. The van der Waals surface area contributed by atoms with Crippen molar-refractivity contribution in [1.29, 1.82) is 0 Å². The van der Waals surface area contributed by atoms with Crippen LogP contribution in [0.25, 0.3) is 0 Å². The van der Waals surface area contributed by atoms with Gasteiger partial charge in [-0.25, -0.2) is 14.7 Å². The van der Waals surface area contributed by atoms with Crippen molar-refractivity contribution >= 4 is 35.4 Å². The minimum Gasteiger partial charge on any atom is -0.496 e. The number of hydrogen-bond acceptors (Lipinski definition) is 17. The molecule has 466 valence electrons. The zero-order valence-electron chi connectivity index (χ0n) is 52.9. The predicted molar refractivity (Wildman–Crippen MR) is 328 cm³/mol. The van der Waals surface area contributed by atoms with E-state index in [1.165, 1.54) is 39.4 Å². The minimum absolute atomic E-state index is 0.160. The highest BCUT2D eigenvalue weighted by Gasteiger charge is 2.83. The number of fused-ring (bicyclic) bond motifs is 3. The molecule has 1 spiro atoms. The number of anilines is 2. The molecular formula is C69H92N4O13. The van der Waals surface area contributed by atoms with Gasteiger partial charge in [0, 0.05) is 79.4 Å². The summed E-state index contributed by atoms with van der Waals surface area (Å²) in [6, 6.07) is 11.8. The van der Waals surface area contributed by atoms with Crippen molar-refractivity contribution in [3.05, 3.63) is 124 Å². The van der Waals surface area contributed by atoms with Crippen molar-refractivity contribution < 1.29 is 62.6 Å². The van der Waals surface area contributed by atoms with Gasteiger partial charge < -0.3 is 44.0 Å². The lowest BCUT2D eigenvalue weighted by molar-refractivity contribution is -0.238. The number of para-hydroxylation sites is 1. The van der Waals surface area contributed by atoms with E-state index in [0.717, 1.165) is 16.8 Å². The van der Waals surface area contributed by atoms with E-state index >= 15 is 14.4 Å². The number of nitrogens with one attached hydrogen (secondary N) is 1. The number of nitrogens with zero attached hydrogens (tertiary/aromatic N) is 3. The fourth-order valence-corrected chi connectivity index (χ4v) is 17.8. The largest absolute Gasteiger partial charge is 0.509 e. The first kappa shape index (κ1) is 62.8. The number of carbonyl (C=O) groups is 4. The van der Waals surface area contributed by atoms with Crippen LogP contribution in [0.15, 0.2) is 113 Å². The average Bonchev–Trinajstić information content (AvgIpc) is 1.49. The van der Waals surface area contributed by atoms with Gasteiger partial charge in [0.05, 0.1) is 45.8 Å². The van der Waals surface area contributed by atoms with Gasteiger partial charge in [0.15, 0.2) is 6.10 Å². The molecule has 0 aromatic heterocycles. The lowest BCUT2D eigenvalue weighted by Crippen LogP contribution is -2.82. The van der Waals surface area contributed by atoms with Crippen molar-refractivity contribution in [2.24, 2.45) is 22.2 Å². The Bertz CT molecular complexity index is 3160. The Hall–Kier alpha value is -6.24. The molecule has 17 nitrogen and oxygen atoms in total. The molecule has 10 rings (SSSR count). The number of piperidine rings is 1. The minimum atomic E-state index is -2.48. The molecule has 3 aliphatic carbocycles. The third kappa shape index (κ3) is 10.4. The number of hydroxylamine groups is 1. The van der Waals surface area contributed by atoms with Gasteiger partial charge in [0.25, 0.3) is 5.60 Å². The number of allylic oxidation sites excluding steroid dienone is 6. The van der Waals surface area contributed by atoms with Gasteiger partial charge in [-0.15, -0.1) is 0 Å². The maximum Gasteiger partial charge on any atom is 0.509 e. The number of esters is 3. The van der Waals surface area contributed by atoms with Crippen LogP contribution in [-0.4, -0.2) is 147 Å². The van der Waals surface area contributed by atoms with Crippen LogP contribution in [0.3, 0.4) is 0 Å². The van der Waals surface area contributed by atoms with E-state index in [1.807, 2.05) is 81.5 Å². The van der Waals surface area contributed by atoms with Gasteiger partial charge in [-0.2, -0.15) is 0 Å². The number of methoxy groups -OCH3 is 3. The van der Waals surface area contributed by atoms with Crippen LogP contribution in [0.1, 0.15) is 138 Å². The van der Waals surface area contributed by atoms with E-state index in [9.17, 15) is 15.0 Å². The second-order valence-electron chi connectivity index (χ2n) is 27.1. The zero-order chi connectivity index (χ0) is 61.9. The molecule has 2 saturated heterocycles. The van der Waals surface area contributed by atoms with Crippen LogP contribution in [0.2, 0.25) is 0 Å². The lowest BCUT2D eigenvalue weighted by Gasteiger charge is -2.63. The number of benzene rings is 2. The second kappa shape index (κ2) is 23.7. The normalized spacial score (nSPS) is 34.5. The molecule has 8 aliphatic rings. The second-order valence-corrected chi connectivity index (χ2v) is 27.1. The highest BCUT2D eigenvalue weighted by molar-refractivity contribution is 5.92. The van der Waals surface area contributed by atoms with E-state index in [4.69, 9.17) is 33.3 Å². The average molecular weight is 1190 g/mol. The molecule has 5 heterocycles. The molecule has 0 amide bonds.